The van der Waals surface area contributed by atoms with Crippen molar-refractivity contribution >= 4 is 37.7 Å². The first-order chi connectivity index (χ1) is 5.02. The molecule has 0 radical (unpaired) electrons. The van der Waals surface area contributed by atoms with Crippen LogP contribution in [0.5, 0.6) is 0 Å². The lowest BCUT2D eigenvalue weighted by atomic mass is 10.2. The molecule has 3 nitrogen and oxygen atoms in total. The highest BCUT2D eigenvalue weighted by Crippen LogP contribution is 2.34. The molecule has 0 spiro atoms. The standard InChI is InChI=1S/C7H9O3P.2ClH/c1-6-4-2-3-5-7(6)11(8,9)10;;/h2-5H,1H3,(H2,8,9,10);2*1H. The van der Waals surface area contributed by atoms with Crippen molar-refractivity contribution in [2.75, 3.05) is 0 Å². The molecule has 0 bridgehead atoms. The summed E-state index contributed by atoms with van der Waals surface area (Å²) in [6.07, 6.45) is 0. The Bertz CT molecular complexity index is 310. The van der Waals surface area contributed by atoms with Crippen LogP contribution in [0, 0.1) is 6.92 Å². The van der Waals surface area contributed by atoms with Gasteiger partial charge >= 0.3 is 7.60 Å². The predicted molar refractivity (Wildman–Crippen MR) is 57.4 cm³/mol. The molecule has 1 rings (SSSR count). The minimum Gasteiger partial charge on any atom is -0.321 e. The molecular formula is C7H11Cl2O3P. The molecule has 0 aliphatic carbocycles. The summed E-state index contributed by atoms with van der Waals surface area (Å²) >= 11 is 0. The number of halogens is 2. The Morgan fingerprint density at radius 3 is 1.92 bits per heavy atom. The van der Waals surface area contributed by atoms with E-state index in [9.17, 15) is 4.57 Å². The van der Waals surface area contributed by atoms with Gasteiger partial charge in [0.15, 0.2) is 0 Å². The zero-order valence-electron chi connectivity index (χ0n) is 6.88. The number of benzene rings is 1. The molecule has 0 atom stereocenters. The Morgan fingerprint density at radius 2 is 1.62 bits per heavy atom. The number of aryl methyl sites for hydroxylation is 1. The molecule has 0 aliphatic heterocycles. The molecule has 0 heterocycles. The molecule has 0 saturated heterocycles. The quantitative estimate of drug-likeness (QED) is 0.739. The first-order valence-electron chi connectivity index (χ1n) is 3.13. The number of hydrogen-bond donors (Lipinski definition) is 2. The molecule has 0 saturated carbocycles. The Morgan fingerprint density at radius 1 is 1.15 bits per heavy atom. The molecule has 6 heteroatoms. The highest BCUT2D eigenvalue weighted by atomic mass is 35.5. The van der Waals surface area contributed by atoms with Crippen LogP contribution in [0.4, 0.5) is 0 Å². The zero-order chi connectivity index (χ0) is 8.48. The maximum atomic E-state index is 10.7. The minimum atomic E-state index is -4.06. The van der Waals surface area contributed by atoms with Crippen LogP contribution in [0.2, 0.25) is 0 Å². The van der Waals surface area contributed by atoms with Gasteiger partial charge in [0.2, 0.25) is 0 Å². The molecule has 0 amide bonds. The highest BCUT2D eigenvalue weighted by molar-refractivity contribution is 7.60. The molecule has 0 fully saturated rings. The smallest absolute Gasteiger partial charge is 0.321 e. The maximum absolute atomic E-state index is 10.7. The summed E-state index contributed by atoms with van der Waals surface area (Å²) in [6.45, 7) is 1.68. The fourth-order valence-electron chi connectivity index (χ4n) is 0.890. The minimum absolute atomic E-state index is 0. The molecule has 2 N–H and O–H groups in total. The van der Waals surface area contributed by atoms with Crippen molar-refractivity contribution in [1.29, 1.82) is 0 Å². The van der Waals surface area contributed by atoms with E-state index >= 15 is 0 Å². The topological polar surface area (TPSA) is 57.5 Å². The van der Waals surface area contributed by atoms with Gasteiger partial charge in [-0.3, -0.25) is 4.57 Å². The van der Waals surface area contributed by atoms with E-state index in [4.69, 9.17) is 9.79 Å². The van der Waals surface area contributed by atoms with Crippen LogP contribution >= 0.6 is 32.4 Å². The Labute approximate surface area is 89.2 Å². The SMILES string of the molecule is Cc1ccccc1P(=O)(O)O.Cl.Cl. The summed E-state index contributed by atoms with van der Waals surface area (Å²) in [5.74, 6) is 0. The highest BCUT2D eigenvalue weighted by Gasteiger charge is 2.18. The van der Waals surface area contributed by atoms with Crippen molar-refractivity contribution in [3.05, 3.63) is 29.8 Å². The van der Waals surface area contributed by atoms with Crippen molar-refractivity contribution in [1.82, 2.24) is 0 Å². The maximum Gasteiger partial charge on any atom is 0.356 e. The lowest BCUT2D eigenvalue weighted by Gasteiger charge is -2.05. The van der Waals surface area contributed by atoms with E-state index in [1.807, 2.05) is 0 Å². The van der Waals surface area contributed by atoms with E-state index in [1.165, 1.54) is 6.07 Å². The Kier molecular flexibility index (Phi) is 6.68. The molecule has 0 aromatic heterocycles. The third-order valence-corrected chi connectivity index (χ3v) is 2.56. The van der Waals surface area contributed by atoms with Gasteiger partial charge in [-0.25, -0.2) is 0 Å². The molecule has 13 heavy (non-hydrogen) atoms. The van der Waals surface area contributed by atoms with Crippen molar-refractivity contribution in [2.24, 2.45) is 0 Å². The zero-order valence-corrected chi connectivity index (χ0v) is 9.40. The van der Waals surface area contributed by atoms with Crippen molar-refractivity contribution in [3.63, 3.8) is 0 Å². The van der Waals surface area contributed by atoms with Gasteiger partial charge in [-0.2, -0.15) is 0 Å². The molecular weight excluding hydrogens is 234 g/mol. The van der Waals surface area contributed by atoms with Crippen molar-refractivity contribution < 1.29 is 14.4 Å². The molecule has 76 valence electrons. The van der Waals surface area contributed by atoms with E-state index < -0.39 is 7.60 Å². The van der Waals surface area contributed by atoms with Crippen LogP contribution in [-0.4, -0.2) is 9.79 Å². The Balaban J connectivity index is 0. The number of hydrogen-bond acceptors (Lipinski definition) is 1. The average Bonchev–Trinajstić information content (AvgIpc) is 1.86. The molecule has 0 unspecified atom stereocenters. The van der Waals surface area contributed by atoms with Crippen LogP contribution in [0.15, 0.2) is 24.3 Å². The number of rotatable bonds is 1. The fraction of sp³-hybridized carbons (Fsp3) is 0.143. The van der Waals surface area contributed by atoms with Crippen LogP contribution in [0.3, 0.4) is 0 Å². The van der Waals surface area contributed by atoms with Gasteiger partial charge in [-0.1, -0.05) is 18.2 Å². The normalized spacial score (nSPS) is 9.77. The van der Waals surface area contributed by atoms with Crippen molar-refractivity contribution in [3.8, 4) is 0 Å². The van der Waals surface area contributed by atoms with Gasteiger partial charge in [0.05, 0.1) is 5.30 Å². The van der Waals surface area contributed by atoms with Crippen LogP contribution < -0.4 is 5.30 Å². The van der Waals surface area contributed by atoms with E-state index in [0.717, 1.165) is 0 Å². The van der Waals surface area contributed by atoms with Crippen LogP contribution in [0.1, 0.15) is 5.56 Å². The second-order valence-electron chi connectivity index (χ2n) is 2.33. The van der Waals surface area contributed by atoms with Gasteiger partial charge in [0.1, 0.15) is 0 Å². The first kappa shape index (κ1) is 15.4. The van der Waals surface area contributed by atoms with Gasteiger partial charge in [0.25, 0.3) is 0 Å². The third-order valence-electron chi connectivity index (χ3n) is 1.43. The van der Waals surface area contributed by atoms with E-state index in [2.05, 4.69) is 0 Å². The van der Waals surface area contributed by atoms with Gasteiger partial charge in [-0.05, 0) is 18.6 Å². The predicted octanol–water partition coefficient (Wildman–Crippen LogP) is 1.64. The Hall–Kier alpha value is -0.0500. The third kappa shape index (κ3) is 4.12. The lowest BCUT2D eigenvalue weighted by Crippen LogP contribution is -2.06. The second kappa shape index (κ2) is 5.63. The lowest BCUT2D eigenvalue weighted by molar-refractivity contribution is 0.387. The largest absolute Gasteiger partial charge is 0.356 e. The molecule has 0 aliphatic rings. The summed E-state index contributed by atoms with van der Waals surface area (Å²) in [6, 6.07) is 6.47. The van der Waals surface area contributed by atoms with Crippen LogP contribution in [-0.2, 0) is 4.57 Å². The van der Waals surface area contributed by atoms with Crippen molar-refractivity contribution in [2.45, 2.75) is 6.92 Å². The summed E-state index contributed by atoms with van der Waals surface area (Å²) in [5, 5.41) is 0.111. The molecule has 1 aromatic rings. The monoisotopic (exact) mass is 244 g/mol. The summed E-state index contributed by atoms with van der Waals surface area (Å²) < 4.78 is 10.7. The first-order valence-corrected chi connectivity index (χ1v) is 4.75. The van der Waals surface area contributed by atoms with E-state index in [-0.39, 0.29) is 30.1 Å². The summed E-state index contributed by atoms with van der Waals surface area (Å²) in [4.78, 5) is 17.6. The van der Waals surface area contributed by atoms with Gasteiger partial charge in [0, 0.05) is 0 Å². The second-order valence-corrected chi connectivity index (χ2v) is 3.90. The average molecular weight is 245 g/mol. The van der Waals surface area contributed by atoms with E-state index in [1.54, 1.807) is 25.1 Å². The fourth-order valence-corrected chi connectivity index (χ4v) is 1.70. The van der Waals surface area contributed by atoms with Gasteiger partial charge in [-0.15, -0.1) is 24.8 Å². The van der Waals surface area contributed by atoms with E-state index in [0.29, 0.717) is 5.56 Å². The summed E-state index contributed by atoms with van der Waals surface area (Å²) in [5.41, 5.74) is 0.626. The summed E-state index contributed by atoms with van der Waals surface area (Å²) in [7, 11) is -4.06. The van der Waals surface area contributed by atoms with Crippen LogP contribution in [0.25, 0.3) is 0 Å². The molecule has 1 aromatic carbocycles. The van der Waals surface area contributed by atoms with Gasteiger partial charge < -0.3 is 9.79 Å².